The fourth-order valence-electron chi connectivity index (χ4n) is 3.26. The number of benzene rings is 1. The first kappa shape index (κ1) is 14.3. The average Bonchev–Trinajstić information content (AvgIpc) is 2.94. The van der Waals surface area contributed by atoms with E-state index in [0.29, 0.717) is 6.04 Å². The fourth-order valence-corrected chi connectivity index (χ4v) is 3.26. The highest BCUT2D eigenvalue weighted by atomic mass is 16.1. The van der Waals surface area contributed by atoms with Crippen LogP contribution in [0.5, 0.6) is 0 Å². The van der Waals surface area contributed by atoms with Crippen LogP contribution in [0.25, 0.3) is 6.08 Å². The van der Waals surface area contributed by atoms with Crippen LogP contribution in [0.2, 0.25) is 0 Å². The minimum absolute atomic E-state index is 0.0697. The number of likely N-dealkylation sites (tertiary alicyclic amines) is 1. The molecule has 1 aliphatic heterocycles. The quantitative estimate of drug-likeness (QED) is 0.925. The van der Waals surface area contributed by atoms with Crippen LogP contribution in [0.3, 0.4) is 0 Å². The summed E-state index contributed by atoms with van der Waals surface area (Å²) in [5.74, 6) is 0.0697. The van der Waals surface area contributed by atoms with Crippen LogP contribution in [0.15, 0.2) is 24.3 Å². The number of rotatable bonds is 3. The van der Waals surface area contributed by atoms with Crippen molar-refractivity contribution in [1.82, 2.24) is 10.2 Å². The lowest BCUT2D eigenvalue weighted by atomic mass is 10.0. The number of fused-ring (bicyclic) bond motifs is 1. The molecule has 1 aromatic carbocycles. The van der Waals surface area contributed by atoms with Gasteiger partial charge in [0.25, 0.3) is 5.91 Å². The van der Waals surface area contributed by atoms with Crippen LogP contribution in [0, 0.1) is 0 Å². The lowest BCUT2D eigenvalue weighted by Crippen LogP contribution is -2.49. The SMILES string of the molecule is CC(C)N1CCC[C@@H](NC(=O)c2ccc3c(c2)CC=C3)C1. The van der Waals surface area contributed by atoms with Crippen molar-refractivity contribution >= 4 is 12.0 Å². The molecule has 3 heteroatoms. The van der Waals surface area contributed by atoms with Gasteiger partial charge in [-0.05, 0) is 62.9 Å². The molecule has 1 atom stereocenters. The van der Waals surface area contributed by atoms with E-state index >= 15 is 0 Å². The third kappa shape index (κ3) is 3.18. The van der Waals surface area contributed by atoms with Gasteiger partial charge in [0.15, 0.2) is 0 Å². The standard InChI is InChI=1S/C18H24N2O/c1-13(2)20-10-4-7-17(12-20)19-18(21)16-9-8-14-5-3-6-15(14)11-16/h3,5,8-9,11,13,17H,4,6-7,10,12H2,1-2H3,(H,19,21)/t17-/m1/s1. The Labute approximate surface area is 127 Å². The second-order valence-corrected chi connectivity index (χ2v) is 6.42. The minimum Gasteiger partial charge on any atom is -0.348 e. The number of carbonyl (C=O) groups excluding carboxylic acids is 1. The highest BCUT2D eigenvalue weighted by molar-refractivity contribution is 5.95. The topological polar surface area (TPSA) is 32.3 Å². The Kier molecular flexibility index (Phi) is 4.11. The third-order valence-electron chi connectivity index (χ3n) is 4.56. The van der Waals surface area contributed by atoms with E-state index in [0.717, 1.165) is 37.9 Å². The largest absolute Gasteiger partial charge is 0.348 e. The molecule has 1 amide bonds. The van der Waals surface area contributed by atoms with Gasteiger partial charge in [-0.25, -0.2) is 0 Å². The predicted octanol–water partition coefficient (Wildman–Crippen LogP) is 2.86. The van der Waals surface area contributed by atoms with Gasteiger partial charge >= 0.3 is 0 Å². The molecule has 2 aliphatic rings. The molecule has 1 saturated heterocycles. The molecular formula is C18H24N2O. The van der Waals surface area contributed by atoms with Gasteiger partial charge in [0.2, 0.25) is 0 Å². The summed E-state index contributed by atoms with van der Waals surface area (Å²) in [6.07, 6.45) is 7.46. The maximum atomic E-state index is 12.4. The normalized spacial score (nSPS) is 21.6. The Bertz CT molecular complexity index is 562. The van der Waals surface area contributed by atoms with Crippen molar-refractivity contribution in [1.29, 1.82) is 0 Å². The van der Waals surface area contributed by atoms with Crippen molar-refractivity contribution in [2.45, 2.75) is 45.2 Å². The molecule has 0 unspecified atom stereocenters. The maximum absolute atomic E-state index is 12.4. The second kappa shape index (κ2) is 6.02. The molecule has 0 bridgehead atoms. The van der Waals surface area contributed by atoms with E-state index < -0.39 is 0 Å². The third-order valence-corrected chi connectivity index (χ3v) is 4.56. The van der Waals surface area contributed by atoms with E-state index in [1.165, 1.54) is 11.1 Å². The summed E-state index contributed by atoms with van der Waals surface area (Å²) in [6.45, 7) is 6.56. The molecule has 21 heavy (non-hydrogen) atoms. The molecule has 1 fully saturated rings. The highest BCUT2D eigenvalue weighted by Crippen LogP contribution is 2.21. The van der Waals surface area contributed by atoms with Crippen molar-refractivity contribution in [2.75, 3.05) is 13.1 Å². The molecule has 0 saturated carbocycles. The summed E-state index contributed by atoms with van der Waals surface area (Å²) >= 11 is 0. The number of hydrogen-bond acceptors (Lipinski definition) is 2. The predicted molar refractivity (Wildman–Crippen MR) is 86.4 cm³/mol. The van der Waals surface area contributed by atoms with Gasteiger partial charge in [-0.1, -0.05) is 18.2 Å². The van der Waals surface area contributed by atoms with E-state index in [-0.39, 0.29) is 11.9 Å². The highest BCUT2D eigenvalue weighted by Gasteiger charge is 2.23. The maximum Gasteiger partial charge on any atom is 0.251 e. The molecule has 1 aliphatic carbocycles. The molecule has 0 aromatic heterocycles. The summed E-state index contributed by atoms with van der Waals surface area (Å²) in [4.78, 5) is 14.9. The molecular weight excluding hydrogens is 260 g/mol. The van der Waals surface area contributed by atoms with Crippen molar-refractivity contribution in [2.24, 2.45) is 0 Å². The Morgan fingerprint density at radius 1 is 1.38 bits per heavy atom. The van der Waals surface area contributed by atoms with Crippen LogP contribution in [-0.2, 0) is 6.42 Å². The smallest absolute Gasteiger partial charge is 0.251 e. The first-order valence-electron chi connectivity index (χ1n) is 7.98. The zero-order valence-corrected chi connectivity index (χ0v) is 12.9. The molecule has 1 heterocycles. The van der Waals surface area contributed by atoms with Crippen LogP contribution in [0.4, 0.5) is 0 Å². The molecule has 0 spiro atoms. The molecule has 112 valence electrons. The minimum atomic E-state index is 0.0697. The summed E-state index contributed by atoms with van der Waals surface area (Å²) in [6, 6.07) is 6.85. The summed E-state index contributed by atoms with van der Waals surface area (Å²) in [5.41, 5.74) is 3.30. The first-order chi connectivity index (χ1) is 10.1. The number of allylic oxidation sites excluding steroid dienone is 1. The monoisotopic (exact) mass is 284 g/mol. The number of nitrogens with one attached hydrogen (secondary N) is 1. The van der Waals surface area contributed by atoms with E-state index in [9.17, 15) is 4.79 Å². The van der Waals surface area contributed by atoms with Gasteiger partial charge in [0.1, 0.15) is 0 Å². The molecule has 0 radical (unpaired) electrons. The molecule has 3 nitrogen and oxygen atoms in total. The van der Waals surface area contributed by atoms with E-state index in [1.807, 2.05) is 12.1 Å². The van der Waals surface area contributed by atoms with E-state index in [2.05, 4.69) is 42.3 Å². The van der Waals surface area contributed by atoms with E-state index in [1.54, 1.807) is 0 Å². The Balaban J connectivity index is 1.64. The fraction of sp³-hybridized carbons (Fsp3) is 0.500. The van der Waals surface area contributed by atoms with Crippen molar-refractivity contribution in [3.8, 4) is 0 Å². The number of carbonyl (C=O) groups is 1. The van der Waals surface area contributed by atoms with Crippen LogP contribution in [-0.4, -0.2) is 36.0 Å². The average molecular weight is 284 g/mol. The lowest BCUT2D eigenvalue weighted by molar-refractivity contribution is 0.0886. The zero-order valence-electron chi connectivity index (χ0n) is 12.9. The second-order valence-electron chi connectivity index (χ2n) is 6.42. The van der Waals surface area contributed by atoms with Gasteiger partial charge in [-0.15, -0.1) is 0 Å². The molecule has 1 aromatic rings. The molecule has 1 N–H and O–H groups in total. The van der Waals surface area contributed by atoms with Gasteiger partial charge in [-0.3, -0.25) is 9.69 Å². The number of amides is 1. The Hall–Kier alpha value is -1.61. The molecule has 3 rings (SSSR count). The lowest BCUT2D eigenvalue weighted by Gasteiger charge is -2.35. The van der Waals surface area contributed by atoms with Crippen molar-refractivity contribution < 1.29 is 4.79 Å². The van der Waals surface area contributed by atoms with Gasteiger partial charge in [0, 0.05) is 24.2 Å². The van der Waals surface area contributed by atoms with Crippen molar-refractivity contribution in [3.05, 3.63) is 41.0 Å². The summed E-state index contributed by atoms with van der Waals surface area (Å²) in [5, 5.41) is 3.21. The first-order valence-corrected chi connectivity index (χ1v) is 7.98. The summed E-state index contributed by atoms with van der Waals surface area (Å²) < 4.78 is 0. The zero-order chi connectivity index (χ0) is 14.8. The van der Waals surface area contributed by atoms with Crippen LogP contribution in [0.1, 0.15) is 48.2 Å². The van der Waals surface area contributed by atoms with Crippen LogP contribution >= 0.6 is 0 Å². The summed E-state index contributed by atoms with van der Waals surface area (Å²) in [7, 11) is 0. The number of hydrogen-bond donors (Lipinski definition) is 1. The van der Waals surface area contributed by atoms with Gasteiger partial charge in [0.05, 0.1) is 0 Å². The van der Waals surface area contributed by atoms with E-state index in [4.69, 9.17) is 0 Å². The van der Waals surface area contributed by atoms with Crippen LogP contribution < -0.4 is 5.32 Å². The Morgan fingerprint density at radius 3 is 3.05 bits per heavy atom. The van der Waals surface area contributed by atoms with Gasteiger partial charge in [-0.2, -0.15) is 0 Å². The van der Waals surface area contributed by atoms with Gasteiger partial charge < -0.3 is 5.32 Å². The van der Waals surface area contributed by atoms with Crippen molar-refractivity contribution in [3.63, 3.8) is 0 Å². The number of piperidine rings is 1. The number of nitrogens with zero attached hydrogens (tertiary/aromatic N) is 1. The Morgan fingerprint density at radius 2 is 2.24 bits per heavy atom.